The molecule has 0 aliphatic carbocycles. The van der Waals surface area contributed by atoms with Crippen LogP contribution in [0.2, 0.25) is 5.02 Å². The number of amides is 1. The van der Waals surface area contributed by atoms with Gasteiger partial charge in [0.15, 0.2) is 11.0 Å². The summed E-state index contributed by atoms with van der Waals surface area (Å²) < 4.78 is 7.18. The lowest BCUT2D eigenvalue weighted by molar-refractivity contribution is -0.118. The van der Waals surface area contributed by atoms with Crippen molar-refractivity contribution in [2.75, 3.05) is 12.9 Å². The second kappa shape index (κ2) is 10.2. The molecule has 1 N–H and O–H groups in total. The number of nitrogens with one attached hydrogen (secondary N) is 1. The van der Waals surface area contributed by atoms with Crippen molar-refractivity contribution in [2.45, 2.75) is 18.6 Å². The van der Waals surface area contributed by atoms with Crippen LogP contribution in [-0.2, 0) is 11.3 Å². The molecule has 0 aliphatic rings. The molecular weight excluding hydrogens is 464 g/mol. The number of thioether (sulfide) groups is 1. The van der Waals surface area contributed by atoms with E-state index >= 15 is 0 Å². The summed E-state index contributed by atoms with van der Waals surface area (Å²) in [5.41, 5.74) is 2.89. The van der Waals surface area contributed by atoms with Gasteiger partial charge in [0.05, 0.1) is 30.1 Å². The lowest BCUT2D eigenvalue weighted by Gasteiger charge is -2.12. The minimum atomic E-state index is -0.0635. The number of benzene rings is 2. The van der Waals surface area contributed by atoms with Crippen LogP contribution in [0.1, 0.15) is 10.4 Å². The zero-order valence-corrected chi connectivity index (χ0v) is 19.9. The van der Waals surface area contributed by atoms with Gasteiger partial charge in [-0.1, -0.05) is 53.7 Å². The second-order valence-electron chi connectivity index (χ2n) is 6.92. The van der Waals surface area contributed by atoms with Gasteiger partial charge in [0, 0.05) is 10.4 Å². The van der Waals surface area contributed by atoms with Gasteiger partial charge in [-0.3, -0.25) is 9.36 Å². The topological polar surface area (TPSA) is 69.0 Å². The molecule has 0 aliphatic heterocycles. The molecule has 164 valence electrons. The summed E-state index contributed by atoms with van der Waals surface area (Å²) in [4.78, 5) is 13.6. The van der Waals surface area contributed by atoms with Crippen molar-refractivity contribution in [2.24, 2.45) is 0 Å². The van der Waals surface area contributed by atoms with Gasteiger partial charge in [-0.05, 0) is 42.1 Å². The first-order chi connectivity index (χ1) is 15.6. The Hall–Kier alpha value is -2.81. The van der Waals surface area contributed by atoms with E-state index in [4.69, 9.17) is 16.3 Å². The van der Waals surface area contributed by atoms with E-state index in [1.807, 2.05) is 53.3 Å². The number of hydrogen-bond acceptors (Lipinski definition) is 6. The van der Waals surface area contributed by atoms with Crippen molar-refractivity contribution in [1.29, 1.82) is 0 Å². The normalized spacial score (nSPS) is 10.8. The summed E-state index contributed by atoms with van der Waals surface area (Å²) in [7, 11) is 1.58. The Bertz CT molecular complexity index is 1220. The molecular formula is C23H21ClN4O2S2. The Kier molecular flexibility index (Phi) is 7.14. The Labute approximate surface area is 199 Å². The minimum Gasteiger partial charge on any atom is -0.495 e. The van der Waals surface area contributed by atoms with Gasteiger partial charge in [-0.2, -0.15) is 0 Å². The maximum absolute atomic E-state index is 12.5. The lowest BCUT2D eigenvalue weighted by Crippen LogP contribution is -2.24. The van der Waals surface area contributed by atoms with Crippen LogP contribution in [0, 0.1) is 6.92 Å². The third-order valence-corrected chi connectivity index (χ3v) is 7.05. The van der Waals surface area contributed by atoms with Crippen LogP contribution in [0.25, 0.3) is 17.1 Å². The van der Waals surface area contributed by atoms with E-state index in [1.54, 1.807) is 30.6 Å². The molecule has 2 aromatic carbocycles. The molecule has 0 spiro atoms. The Morgan fingerprint density at radius 1 is 1.19 bits per heavy atom. The van der Waals surface area contributed by atoms with E-state index < -0.39 is 0 Å². The number of rotatable bonds is 8. The number of carbonyl (C=O) groups is 1. The van der Waals surface area contributed by atoms with E-state index in [0.29, 0.717) is 28.3 Å². The van der Waals surface area contributed by atoms with Crippen LogP contribution in [0.4, 0.5) is 0 Å². The molecule has 4 aromatic rings. The highest BCUT2D eigenvalue weighted by atomic mass is 35.5. The van der Waals surface area contributed by atoms with Crippen molar-refractivity contribution in [1.82, 2.24) is 20.1 Å². The van der Waals surface area contributed by atoms with Crippen LogP contribution in [-0.4, -0.2) is 33.5 Å². The molecule has 2 heterocycles. The first-order valence-corrected chi connectivity index (χ1v) is 12.1. The predicted molar refractivity (Wildman–Crippen MR) is 130 cm³/mol. The fraction of sp³-hybridized carbons (Fsp3) is 0.174. The molecule has 32 heavy (non-hydrogen) atoms. The lowest BCUT2D eigenvalue weighted by atomic mass is 10.2. The smallest absolute Gasteiger partial charge is 0.230 e. The Morgan fingerprint density at radius 3 is 2.69 bits per heavy atom. The highest BCUT2D eigenvalue weighted by Crippen LogP contribution is 2.32. The number of aromatic nitrogens is 3. The SMILES string of the molecule is COc1ccc(-n2c(SCC(=O)NCc3sccc3C)nnc2-c2ccccc2)cc1Cl. The number of methoxy groups -OCH3 is 1. The van der Waals surface area contributed by atoms with E-state index in [1.165, 1.54) is 17.3 Å². The second-order valence-corrected chi connectivity index (χ2v) is 9.27. The number of carbonyl (C=O) groups excluding carboxylic acids is 1. The van der Waals surface area contributed by atoms with Crippen LogP contribution >= 0.6 is 34.7 Å². The molecule has 0 bridgehead atoms. The van der Waals surface area contributed by atoms with Crippen molar-refractivity contribution in [3.63, 3.8) is 0 Å². The molecule has 0 saturated heterocycles. The third kappa shape index (κ3) is 4.98. The Morgan fingerprint density at radius 2 is 2.00 bits per heavy atom. The van der Waals surface area contributed by atoms with Gasteiger partial charge in [-0.15, -0.1) is 21.5 Å². The highest BCUT2D eigenvalue weighted by Gasteiger charge is 2.18. The monoisotopic (exact) mass is 484 g/mol. The zero-order valence-electron chi connectivity index (χ0n) is 17.5. The highest BCUT2D eigenvalue weighted by molar-refractivity contribution is 7.99. The van der Waals surface area contributed by atoms with E-state index in [-0.39, 0.29) is 11.7 Å². The average Bonchev–Trinajstić information content (AvgIpc) is 3.42. The molecule has 6 nitrogen and oxygen atoms in total. The summed E-state index contributed by atoms with van der Waals surface area (Å²) in [6.45, 7) is 2.57. The van der Waals surface area contributed by atoms with Crippen LogP contribution < -0.4 is 10.1 Å². The molecule has 0 fully saturated rings. The summed E-state index contributed by atoms with van der Waals surface area (Å²) in [6, 6.07) is 17.3. The van der Waals surface area contributed by atoms with Crippen molar-refractivity contribution >= 4 is 40.6 Å². The Balaban J connectivity index is 1.58. The molecule has 0 atom stereocenters. The average molecular weight is 485 g/mol. The number of nitrogens with zero attached hydrogens (tertiary/aromatic N) is 3. The first kappa shape index (κ1) is 22.4. The quantitative estimate of drug-likeness (QED) is 0.340. The van der Waals surface area contributed by atoms with Crippen LogP contribution in [0.3, 0.4) is 0 Å². The molecule has 9 heteroatoms. The van der Waals surface area contributed by atoms with Crippen molar-refractivity contribution in [3.05, 3.63) is 75.4 Å². The van der Waals surface area contributed by atoms with Crippen molar-refractivity contribution < 1.29 is 9.53 Å². The van der Waals surface area contributed by atoms with Crippen LogP contribution in [0.5, 0.6) is 5.75 Å². The molecule has 0 unspecified atom stereocenters. The summed E-state index contributed by atoms with van der Waals surface area (Å²) in [6.07, 6.45) is 0. The first-order valence-electron chi connectivity index (χ1n) is 9.84. The minimum absolute atomic E-state index is 0.0635. The molecule has 1 amide bonds. The maximum Gasteiger partial charge on any atom is 0.230 e. The molecule has 0 saturated carbocycles. The fourth-order valence-corrected chi connectivity index (χ4v) is 4.99. The number of aryl methyl sites for hydroxylation is 1. The summed E-state index contributed by atoms with van der Waals surface area (Å²) in [5, 5.41) is 14.8. The van der Waals surface area contributed by atoms with Crippen molar-refractivity contribution in [3.8, 4) is 22.8 Å². The molecule has 2 aromatic heterocycles. The van der Waals surface area contributed by atoms with Gasteiger partial charge in [0.25, 0.3) is 0 Å². The van der Waals surface area contributed by atoms with Gasteiger partial charge < -0.3 is 10.1 Å². The van der Waals surface area contributed by atoms with Crippen LogP contribution in [0.15, 0.2) is 65.1 Å². The standard InChI is InChI=1S/C23H21ClN4O2S2/c1-15-10-11-31-20(15)13-25-21(29)14-32-23-27-26-22(16-6-4-3-5-7-16)28(23)17-8-9-19(30-2)18(24)12-17/h3-12H,13-14H2,1-2H3,(H,25,29). The number of halogens is 1. The molecule has 0 radical (unpaired) electrons. The van der Waals surface area contributed by atoms with Gasteiger partial charge >= 0.3 is 0 Å². The summed E-state index contributed by atoms with van der Waals surface area (Å²) >= 11 is 9.35. The predicted octanol–water partition coefficient (Wildman–Crippen LogP) is 5.37. The maximum atomic E-state index is 12.5. The van der Waals surface area contributed by atoms with E-state index in [0.717, 1.165) is 16.1 Å². The zero-order chi connectivity index (χ0) is 22.5. The number of thiophene rings is 1. The van der Waals surface area contributed by atoms with Gasteiger partial charge in [-0.25, -0.2) is 0 Å². The summed E-state index contributed by atoms with van der Waals surface area (Å²) in [5.74, 6) is 1.42. The van der Waals surface area contributed by atoms with E-state index in [9.17, 15) is 4.79 Å². The van der Waals surface area contributed by atoms with E-state index in [2.05, 4.69) is 21.6 Å². The fourth-order valence-electron chi connectivity index (χ4n) is 3.11. The third-order valence-electron chi connectivity index (χ3n) is 4.81. The number of hydrogen-bond donors (Lipinski definition) is 1. The number of ether oxygens (including phenoxy) is 1. The molecule has 4 rings (SSSR count). The van der Waals surface area contributed by atoms with Gasteiger partial charge in [0.1, 0.15) is 5.75 Å². The van der Waals surface area contributed by atoms with Gasteiger partial charge in [0.2, 0.25) is 5.91 Å². The largest absolute Gasteiger partial charge is 0.495 e.